The highest BCUT2D eigenvalue weighted by Gasteiger charge is 2.48. The normalized spacial score (nSPS) is 15.5. The van der Waals surface area contributed by atoms with Gasteiger partial charge in [-0.2, -0.15) is 0 Å². The fraction of sp³-hybridized carbons (Fsp3) is 0.0896. The summed E-state index contributed by atoms with van der Waals surface area (Å²) in [4.78, 5) is 7.92. The fourth-order valence-corrected chi connectivity index (χ4v) is 11.2. The number of aromatic nitrogens is 2. The first-order chi connectivity index (χ1) is 34.6. The number of hydrogen-bond donors (Lipinski definition) is 2. The molecule has 10 aromatic rings. The van der Waals surface area contributed by atoms with Crippen molar-refractivity contribution in [3.63, 3.8) is 0 Å². The summed E-state index contributed by atoms with van der Waals surface area (Å²) in [6.07, 6.45) is 18.6. The number of H-pyrrole nitrogens is 1. The molecule has 0 spiro atoms. The third-order valence-corrected chi connectivity index (χ3v) is 14.5. The molecule has 3 heteroatoms. The first-order valence-electron chi connectivity index (χ1n) is 24.6. The lowest BCUT2D eigenvalue weighted by molar-refractivity contribution is 0.759. The minimum atomic E-state index is -0.340. The first-order valence-corrected chi connectivity index (χ1v) is 24.6. The van der Waals surface area contributed by atoms with Crippen LogP contribution in [0.25, 0.3) is 66.3 Å². The van der Waals surface area contributed by atoms with Gasteiger partial charge in [-0.05, 0) is 152 Å². The molecule has 0 radical (unpaired) electrons. The van der Waals surface area contributed by atoms with Gasteiger partial charge in [0, 0.05) is 45.6 Å². The Morgan fingerprint density at radius 1 is 0.514 bits per heavy atom. The molecule has 1 atom stereocenters. The van der Waals surface area contributed by atoms with Crippen LogP contribution in [0.1, 0.15) is 54.0 Å². The van der Waals surface area contributed by atoms with Crippen molar-refractivity contribution in [2.75, 3.05) is 5.32 Å². The highest BCUT2D eigenvalue weighted by molar-refractivity contribution is 6.13. The summed E-state index contributed by atoms with van der Waals surface area (Å²) in [5.74, 6) is 0.500. The van der Waals surface area contributed by atoms with Crippen molar-refractivity contribution in [3.8, 4) is 33.4 Å². The topological polar surface area (TPSA) is 40.7 Å². The van der Waals surface area contributed by atoms with Crippen molar-refractivity contribution < 1.29 is 0 Å². The van der Waals surface area contributed by atoms with Crippen LogP contribution in [-0.4, -0.2) is 9.97 Å². The second-order valence-electron chi connectivity index (χ2n) is 18.7. The molecule has 0 fully saturated rings. The summed E-state index contributed by atoms with van der Waals surface area (Å²) in [6, 6.07) is 74.4. The smallest absolute Gasteiger partial charge is 0.0711 e. The Labute approximate surface area is 411 Å². The zero-order valence-electron chi connectivity index (χ0n) is 39.3. The summed E-state index contributed by atoms with van der Waals surface area (Å²) in [5.41, 5.74) is 22.4. The molecule has 3 aliphatic carbocycles. The van der Waals surface area contributed by atoms with Crippen LogP contribution in [-0.2, 0) is 5.41 Å². The zero-order chi connectivity index (χ0) is 46.9. The molecule has 0 saturated carbocycles. The minimum Gasteiger partial charge on any atom is -0.356 e. The summed E-state index contributed by atoms with van der Waals surface area (Å²) in [6.45, 7) is 2.33. The zero-order valence-corrected chi connectivity index (χ0v) is 39.3. The molecule has 8 aromatic carbocycles. The number of fused-ring (bicyclic) bond motifs is 6. The molecule has 2 N–H and O–H groups in total. The van der Waals surface area contributed by atoms with Crippen LogP contribution >= 0.6 is 0 Å². The summed E-state index contributed by atoms with van der Waals surface area (Å²) >= 11 is 0. The Hall–Kier alpha value is -8.53. The van der Waals surface area contributed by atoms with E-state index in [0.717, 1.165) is 30.6 Å². The average molecular weight is 900 g/mol. The summed E-state index contributed by atoms with van der Waals surface area (Å²) in [7, 11) is 0. The summed E-state index contributed by atoms with van der Waals surface area (Å²) in [5, 5.41) is 6.25. The van der Waals surface area contributed by atoms with Gasteiger partial charge in [0.2, 0.25) is 0 Å². The Bertz CT molecular complexity index is 3580. The molecular formula is C67H53N3. The van der Waals surface area contributed by atoms with E-state index in [1.165, 1.54) is 99.7 Å². The van der Waals surface area contributed by atoms with Crippen molar-refractivity contribution in [2.24, 2.45) is 5.92 Å². The molecule has 13 rings (SSSR count). The second kappa shape index (κ2) is 18.5. The van der Waals surface area contributed by atoms with Gasteiger partial charge in [-0.25, -0.2) is 0 Å². The lowest BCUT2D eigenvalue weighted by Gasteiger charge is -2.35. The number of anilines is 2. The summed E-state index contributed by atoms with van der Waals surface area (Å²) < 4.78 is 0. The molecule has 0 aliphatic heterocycles. The Kier molecular flexibility index (Phi) is 11.3. The molecule has 336 valence electrons. The van der Waals surface area contributed by atoms with Crippen LogP contribution in [0, 0.1) is 5.92 Å². The van der Waals surface area contributed by atoms with E-state index in [9.17, 15) is 0 Å². The van der Waals surface area contributed by atoms with Crippen molar-refractivity contribution in [1.82, 2.24) is 9.97 Å². The number of allylic oxidation sites excluding steroid dienone is 8. The molecule has 3 nitrogen and oxygen atoms in total. The van der Waals surface area contributed by atoms with Gasteiger partial charge < -0.3 is 10.3 Å². The Morgan fingerprint density at radius 3 is 1.80 bits per heavy atom. The van der Waals surface area contributed by atoms with Crippen LogP contribution in [0.5, 0.6) is 0 Å². The maximum Gasteiger partial charge on any atom is 0.0711 e. The van der Waals surface area contributed by atoms with E-state index in [2.05, 4.69) is 247 Å². The van der Waals surface area contributed by atoms with Crippen LogP contribution in [0.3, 0.4) is 0 Å². The average Bonchev–Trinajstić information content (AvgIpc) is 3.96. The van der Waals surface area contributed by atoms with Crippen LogP contribution in [0.15, 0.2) is 255 Å². The highest BCUT2D eigenvalue weighted by Crippen LogP contribution is 2.59. The van der Waals surface area contributed by atoms with Crippen molar-refractivity contribution in [2.45, 2.75) is 31.6 Å². The van der Waals surface area contributed by atoms with E-state index in [4.69, 9.17) is 0 Å². The van der Waals surface area contributed by atoms with Gasteiger partial charge in [-0.1, -0.05) is 189 Å². The van der Waals surface area contributed by atoms with Gasteiger partial charge in [0.05, 0.1) is 10.9 Å². The van der Waals surface area contributed by atoms with Crippen molar-refractivity contribution in [1.29, 1.82) is 0 Å². The number of hydrogen-bond acceptors (Lipinski definition) is 2. The Balaban J connectivity index is 0.000000146. The van der Waals surface area contributed by atoms with E-state index in [-0.39, 0.29) is 5.41 Å². The van der Waals surface area contributed by atoms with Gasteiger partial charge in [0.1, 0.15) is 0 Å². The molecular weight excluding hydrogens is 847 g/mol. The van der Waals surface area contributed by atoms with Crippen molar-refractivity contribution in [3.05, 3.63) is 282 Å². The molecule has 0 bridgehead atoms. The van der Waals surface area contributed by atoms with Gasteiger partial charge in [-0.15, -0.1) is 0 Å². The third-order valence-electron chi connectivity index (χ3n) is 14.5. The van der Waals surface area contributed by atoms with Gasteiger partial charge in [0.25, 0.3) is 0 Å². The monoisotopic (exact) mass is 899 g/mol. The van der Waals surface area contributed by atoms with Gasteiger partial charge in [-0.3, -0.25) is 4.98 Å². The van der Waals surface area contributed by atoms with Crippen LogP contribution < -0.4 is 5.32 Å². The molecule has 0 amide bonds. The molecule has 70 heavy (non-hydrogen) atoms. The molecule has 1 unspecified atom stereocenters. The van der Waals surface area contributed by atoms with Crippen LogP contribution in [0.2, 0.25) is 0 Å². The highest BCUT2D eigenvalue weighted by atomic mass is 14.9. The number of pyridine rings is 1. The number of nitrogens with one attached hydrogen (secondary N) is 2. The molecule has 0 saturated heterocycles. The SMILES string of the molecule is C1=C2C(=CCC1)C(c1ccccc1)(c1ccccc1)c1cc(Nc3ccc(-c4ccncc4)cc3)ccc12.CC1CC=CC=C1c1cc(-c2ccccc2)cc2c1[nH]c1cc(-c3ccccc3)ccc12. The van der Waals surface area contributed by atoms with E-state index in [1.54, 1.807) is 0 Å². The molecule has 2 heterocycles. The molecule has 3 aliphatic rings. The maximum absolute atomic E-state index is 4.13. The number of benzene rings is 8. The van der Waals surface area contributed by atoms with E-state index >= 15 is 0 Å². The third kappa shape index (κ3) is 7.80. The predicted molar refractivity (Wildman–Crippen MR) is 295 cm³/mol. The number of aromatic amines is 1. The largest absolute Gasteiger partial charge is 0.356 e. The number of nitrogens with zero attached hydrogens (tertiary/aromatic N) is 1. The first kappa shape index (κ1) is 42.8. The maximum atomic E-state index is 4.13. The van der Waals surface area contributed by atoms with E-state index in [0.29, 0.717) is 5.92 Å². The second-order valence-corrected chi connectivity index (χ2v) is 18.7. The van der Waals surface area contributed by atoms with Gasteiger partial charge in [0.15, 0.2) is 0 Å². The van der Waals surface area contributed by atoms with Crippen LogP contribution in [0.4, 0.5) is 11.4 Å². The quantitative estimate of drug-likeness (QED) is 0.160. The van der Waals surface area contributed by atoms with Gasteiger partial charge >= 0.3 is 0 Å². The fourth-order valence-electron chi connectivity index (χ4n) is 11.2. The number of rotatable bonds is 8. The lowest BCUT2D eigenvalue weighted by Crippen LogP contribution is -2.29. The predicted octanol–water partition coefficient (Wildman–Crippen LogP) is 17.6. The molecule has 2 aromatic heterocycles. The minimum absolute atomic E-state index is 0.340. The lowest BCUT2D eigenvalue weighted by atomic mass is 9.67. The standard InChI is InChI=1S/C36H28N2.C31H25N/c1-3-9-28(10-4-1)36(29-11-5-2-6-12-29)34-14-8-7-13-32(34)33-20-19-31(25-35(33)36)38-30-17-15-26(16-18-30)27-21-23-37-24-22-27;1-21-10-8-9-15-26(21)28-18-25(23-13-6-3-7-14-23)19-29-27-17-16-24(20-30(27)32-31(28)29)22-11-4-2-5-12-22/h1-6,9-25,38H,7-8H2;2-9,11-21,32H,10H2,1H3. The van der Waals surface area contributed by atoms with E-state index < -0.39 is 0 Å². The van der Waals surface area contributed by atoms with Crippen molar-refractivity contribution >= 4 is 44.3 Å². The van der Waals surface area contributed by atoms with E-state index in [1.807, 2.05) is 24.5 Å². The Morgan fingerprint density at radius 2 is 1.11 bits per heavy atom.